The van der Waals surface area contributed by atoms with E-state index in [0.717, 1.165) is 17.0 Å². The van der Waals surface area contributed by atoms with Crippen LogP contribution in [0.15, 0.2) is 28.7 Å². The molecule has 0 saturated carbocycles. The lowest BCUT2D eigenvalue weighted by atomic mass is 10.1. The summed E-state index contributed by atoms with van der Waals surface area (Å²) in [5, 5.41) is 2.88. The molecule has 19 heavy (non-hydrogen) atoms. The molecule has 0 aliphatic carbocycles. The lowest BCUT2D eigenvalue weighted by Gasteiger charge is -2.05. The molecule has 1 N–H and O–H groups in total. The minimum Gasteiger partial charge on any atom is -0.446 e. The maximum Gasteiger partial charge on any atom is 0.251 e. The average Bonchev–Trinajstić information content (AvgIpc) is 2.68. The van der Waals surface area contributed by atoms with Crippen LogP contribution in [0.5, 0.6) is 0 Å². The average molecular weight is 258 g/mol. The molecule has 1 aromatic carbocycles. The van der Waals surface area contributed by atoms with Crippen molar-refractivity contribution in [3.63, 3.8) is 0 Å². The third kappa shape index (κ3) is 3.44. The van der Waals surface area contributed by atoms with E-state index in [9.17, 15) is 4.79 Å². The van der Waals surface area contributed by atoms with Crippen molar-refractivity contribution >= 4 is 5.91 Å². The Morgan fingerprint density at radius 3 is 2.74 bits per heavy atom. The van der Waals surface area contributed by atoms with Gasteiger partial charge in [-0.2, -0.15) is 0 Å². The summed E-state index contributed by atoms with van der Waals surface area (Å²) < 4.78 is 5.46. The van der Waals surface area contributed by atoms with Crippen LogP contribution in [0.2, 0.25) is 0 Å². The number of rotatable bonds is 4. The Hall–Kier alpha value is -2.10. The Kier molecular flexibility index (Phi) is 4.00. The van der Waals surface area contributed by atoms with Gasteiger partial charge in [0.15, 0.2) is 5.89 Å². The summed E-state index contributed by atoms with van der Waals surface area (Å²) in [7, 11) is 0. The Bertz CT molecular complexity index is 588. The first-order valence-corrected chi connectivity index (χ1v) is 6.34. The zero-order valence-electron chi connectivity index (χ0n) is 11.5. The third-order valence-electron chi connectivity index (χ3n) is 2.92. The zero-order chi connectivity index (χ0) is 13.8. The van der Waals surface area contributed by atoms with Gasteiger partial charge in [0.25, 0.3) is 5.91 Å². The van der Waals surface area contributed by atoms with Gasteiger partial charge in [0.1, 0.15) is 5.76 Å². The molecule has 1 amide bonds. The van der Waals surface area contributed by atoms with Gasteiger partial charge in [0.05, 0.1) is 5.69 Å². The molecule has 0 aliphatic heterocycles. The van der Waals surface area contributed by atoms with Gasteiger partial charge in [-0.3, -0.25) is 4.79 Å². The molecule has 2 rings (SSSR count). The fourth-order valence-electron chi connectivity index (χ4n) is 1.98. The summed E-state index contributed by atoms with van der Waals surface area (Å²) in [4.78, 5) is 16.1. The van der Waals surface area contributed by atoms with Gasteiger partial charge >= 0.3 is 0 Å². The van der Waals surface area contributed by atoms with E-state index in [-0.39, 0.29) is 5.91 Å². The van der Waals surface area contributed by atoms with E-state index in [2.05, 4.69) is 10.3 Å². The van der Waals surface area contributed by atoms with Crippen molar-refractivity contribution < 1.29 is 9.21 Å². The third-order valence-corrected chi connectivity index (χ3v) is 2.92. The number of aromatic nitrogens is 1. The van der Waals surface area contributed by atoms with Crippen LogP contribution in [-0.2, 0) is 6.42 Å². The quantitative estimate of drug-likeness (QED) is 0.917. The molecule has 1 heterocycles. The molecule has 4 heteroatoms. The Labute approximate surface area is 112 Å². The van der Waals surface area contributed by atoms with E-state index >= 15 is 0 Å². The van der Waals surface area contributed by atoms with E-state index in [4.69, 9.17) is 4.42 Å². The van der Waals surface area contributed by atoms with Crippen LogP contribution >= 0.6 is 0 Å². The number of benzene rings is 1. The van der Waals surface area contributed by atoms with Gasteiger partial charge < -0.3 is 9.73 Å². The molecular weight excluding hydrogens is 240 g/mol. The monoisotopic (exact) mass is 258 g/mol. The topological polar surface area (TPSA) is 55.1 Å². The summed E-state index contributed by atoms with van der Waals surface area (Å²) >= 11 is 0. The van der Waals surface area contributed by atoms with Gasteiger partial charge in [-0.1, -0.05) is 17.7 Å². The second-order valence-electron chi connectivity index (χ2n) is 4.62. The maximum absolute atomic E-state index is 11.9. The first-order valence-electron chi connectivity index (χ1n) is 6.34. The first kappa shape index (κ1) is 13.3. The highest BCUT2D eigenvalue weighted by molar-refractivity contribution is 5.94. The maximum atomic E-state index is 11.9. The minimum absolute atomic E-state index is 0.0578. The van der Waals surface area contributed by atoms with Crippen LogP contribution in [-0.4, -0.2) is 17.4 Å². The molecule has 0 bridgehead atoms. The van der Waals surface area contributed by atoms with E-state index < -0.39 is 0 Å². The number of nitrogens with zero attached hydrogens (tertiary/aromatic N) is 1. The van der Waals surface area contributed by atoms with E-state index in [1.54, 1.807) is 0 Å². The van der Waals surface area contributed by atoms with Crippen molar-refractivity contribution in [2.45, 2.75) is 27.2 Å². The second-order valence-corrected chi connectivity index (χ2v) is 4.62. The number of carbonyl (C=O) groups excluding carboxylic acids is 1. The molecule has 0 radical (unpaired) electrons. The number of hydrogen-bond acceptors (Lipinski definition) is 3. The molecule has 1 aromatic heterocycles. The number of hydrogen-bond donors (Lipinski definition) is 1. The molecule has 100 valence electrons. The second kappa shape index (κ2) is 5.69. The van der Waals surface area contributed by atoms with Crippen LogP contribution in [0.3, 0.4) is 0 Å². The Balaban J connectivity index is 1.89. The summed E-state index contributed by atoms with van der Waals surface area (Å²) in [6.45, 7) is 6.25. The van der Waals surface area contributed by atoms with Gasteiger partial charge in [0.2, 0.25) is 0 Å². The smallest absolute Gasteiger partial charge is 0.251 e. The van der Waals surface area contributed by atoms with Crippen molar-refractivity contribution in [2.24, 2.45) is 0 Å². The highest BCUT2D eigenvalue weighted by atomic mass is 16.4. The highest BCUT2D eigenvalue weighted by Crippen LogP contribution is 2.09. The van der Waals surface area contributed by atoms with Crippen LogP contribution in [0.25, 0.3) is 0 Å². The van der Waals surface area contributed by atoms with Crippen LogP contribution < -0.4 is 5.32 Å². The zero-order valence-corrected chi connectivity index (χ0v) is 11.5. The van der Waals surface area contributed by atoms with Crippen LogP contribution in [0.1, 0.15) is 33.3 Å². The van der Waals surface area contributed by atoms with Crippen molar-refractivity contribution in [3.8, 4) is 0 Å². The number of oxazole rings is 1. The van der Waals surface area contributed by atoms with Gasteiger partial charge in [-0.05, 0) is 26.0 Å². The molecule has 0 fully saturated rings. The van der Waals surface area contributed by atoms with Crippen molar-refractivity contribution in [2.75, 3.05) is 6.54 Å². The Morgan fingerprint density at radius 2 is 2.11 bits per heavy atom. The van der Waals surface area contributed by atoms with Gasteiger partial charge in [-0.15, -0.1) is 0 Å². The molecular formula is C15H18N2O2. The first-order chi connectivity index (χ1) is 9.06. The lowest BCUT2D eigenvalue weighted by Crippen LogP contribution is -2.25. The molecule has 0 unspecified atom stereocenters. The number of aryl methyl sites for hydroxylation is 3. The van der Waals surface area contributed by atoms with Crippen molar-refractivity contribution in [3.05, 3.63) is 52.7 Å². The molecule has 2 aromatic rings. The molecule has 4 nitrogen and oxygen atoms in total. The standard InChI is InChI=1S/C15H18N2O2/c1-10-5-4-6-13(9-10)15(18)16-8-7-14-11(2)17-12(3)19-14/h4-6,9H,7-8H2,1-3H3,(H,16,18). The fraction of sp³-hybridized carbons (Fsp3) is 0.333. The SMILES string of the molecule is Cc1cccc(C(=O)NCCc2oc(C)nc2C)c1. The fourth-order valence-corrected chi connectivity index (χ4v) is 1.98. The molecule has 0 atom stereocenters. The van der Waals surface area contributed by atoms with Crippen LogP contribution in [0, 0.1) is 20.8 Å². The van der Waals surface area contributed by atoms with E-state index in [1.807, 2.05) is 45.0 Å². The number of nitrogens with one attached hydrogen (secondary N) is 1. The van der Waals surface area contributed by atoms with E-state index in [1.165, 1.54) is 0 Å². The van der Waals surface area contributed by atoms with Gasteiger partial charge in [0, 0.05) is 25.5 Å². The summed E-state index contributed by atoms with van der Waals surface area (Å²) in [5.74, 6) is 1.44. The summed E-state index contributed by atoms with van der Waals surface area (Å²) in [6.07, 6.45) is 0.657. The highest BCUT2D eigenvalue weighted by Gasteiger charge is 2.08. The summed E-state index contributed by atoms with van der Waals surface area (Å²) in [5.41, 5.74) is 2.65. The Morgan fingerprint density at radius 1 is 1.32 bits per heavy atom. The normalized spacial score (nSPS) is 10.5. The number of amides is 1. The summed E-state index contributed by atoms with van der Waals surface area (Å²) in [6, 6.07) is 7.54. The van der Waals surface area contributed by atoms with Crippen molar-refractivity contribution in [1.82, 2.24) is 10.3 Å². The molecule has 0 spiro atoms. The minimum atomic E-state index is -0.0578. The lowest BCUT2D eigenvalue weighted by molar-refractivity contribution is 0.0953. The predicted octanol–water partition coefficient (Wildman–Crippen LogP) is 2.57. The molecule has 0 aliphatic rings. The number of carbonyl (C=O) groups is 1. The van der Waals surface area contributed by atoms with Crippen LogP contribution in [0.4, 0.5) is 0 Å². The van der Waals surface area contributed by atoms with Crippen molar-refractivity contribution in [1.29, 1.82) is 0 Å². The largest absolute Gasteiger partial charge is 0.446 e. The predicted molar refractivity (Wildman–Crippen MR) is 73.2 cm³/mol. The van der Waals surface area contributed by atoms with Gasteiger partial charge in [-0.25, -0.2) is 4.98 Å². The molecule has 0 saturated heterocycles. The van der Waals surface area contributed by atoms with E-state index in [0.29, 0.717) is 24.4 Å².